The lowest BCUT2D eigenvalue weighted by Gasteiger charge is -2.44. The van der Waals surface area contributed by atoms with Crippen molar-refractivity contribution in [3.05, 3.63) is 80.5 Å². The predicted molar refractivity (Wildman–Crippen MR) is 123 cm³/mol. The van der Waals surface area contributed by atoms with Crippen LogP contribution in [0.5, 0.6) is 0 Å². The Kier molecular flexibility index (Phi) is 5.12. The Hall–Kier alpha value is -0.800. The van der Waals surface area contributed by atoms with Gasteiger partial charge in [0, 0.05) is 25.3 Å². The van der Waals surface area contributed by atoms with Gasteiger partial charge in [-0.1, -0.05) is 71.7 Å². The van der Waals surface area contributed by atoms with Crippen LogP contribution in [0.2, 0.25) is 10.0 Å². The lowest BCUT2D eigenvalue weighted by atomic mass is 9.59. The number of rotatable bonds is 4. The highest BCUT2D eigenvalue weighted by Crippen LogP contribution is 2.69. The minimum atomic E-state index is 0.259. The van der Waals surface area contributed by atoms with E-state index in [9.17, 15) is 0 Å². The van der Waals surface area contributed by atoms with Crippen molar-refractivity contribution in [3.8, 4) is 0 Å². The molecule has 3 aliphatic rings. The van der Waals surface area contributed by atoms with E-state index < -0.39 is 0 Å². The van der Waals surface area contributed by atoms with Gasteiger partial charge in [-0.15, -0.1) is 0 Å². The molecule has 1 fully saturated rings. The molecule has 2 aromatic rings. The third-order valence-electron chi connectivity index (χ3n) is 6.47. The minimum Gasteiger partial charge on any atom is -0.0948 e. The number of thioether (sulfide) groups is 2. The largest absolute Gasteiger partial charge is 0.0948 e. The monoisotopic (exact) mass is 444 g/mol. The highest BCUT2D eigenvalue weighted by atomic mass is 35.5. The van der Waals surface area contributed by atoms with Crippen molar-refractivity contribution in [1.29, 1.82) is 0 Å². The Labute approximate surface area is 185 Å². The molecule has 0 spiro atoms. The smallest absolute Gasteiger partial charge is 0.0406 e. The topological polar surface area (TPSA) is 0 Å². The van der Waals surface area contributed by atoms with E-state index in [0.29, 0.717) is 5.41 Å². The third-order valence-corrected chi connectivity index (χ3v) is 9.04. The maximum Gasteiger partial charge on any atom is 0.0406 e. The molecule has 0 nitrogen and oxygen atoms in total. The van der Waals surface area contributed by atoms with Crippen LogP contribution >= 0.6 is 46.7 Å². The number of hydrogen-bond acceptors (Lipinski definition) is 2. The summed E-state index contributed by atoms with van der Waals surface area (Å²) in [5.41, 5.74) is 0.656. The fourth-order valence-electron chi connectivity index (χ4n) is 5.22. The second-order valence-electron chi connectivity index (χ2n) is 8.21. The number of halogens is 2. The molecule has 1 saturated carbocycles. The first-order valence-electron chi connectivity index (χ1n) is 9.86. The maximum atomic E-state index is 6.05. The van der Waals surface area contributed by atoms with E-state index in [0.717, 1.165) is 10.0 Å². The highest BCUT2D eigenvalue weighted by molar-refractivity contribution is 8.03. The molecule has 0 saturated heterocycles. The Morgan fingerprint density at radius 3 is 1.57 bits per heavy atom. The Morgan fingerprint density at radius 2 is 1.11 bits per heavy atom. The summed E-state index contributed by atoms with van der Waals surface area (Å²) in [6.45, 7) is 0. The average Bonchev–Trinajstić information content (AvgIpc) is 3.14. The second-order valence-corrected chi connectivity index (χ2v) is 11.5. The number of hydrogen-bond donors (Lipinski definition) is 0. The molecule has 0 amide bonds. The lowest BCUT2D eigenvalue weighted by Crippen LogP contribution is -2.35. The Balaban J connectivity index is 1.41. The molecule has 0 N–H and O–H groups in total. The normalized spacial score (nSPS) is 28.5. The van der Waals surface area contributed by atoms with Gasteiger partial charge in [0.2, 0.25) is 0 Å². The fourth-order valence-corrected chi connectivity index (χ4v) is 7.86. The maximum absolute atomic E-state index is 6.05. The molecule has 0 bridgehead atoms. The predicted octanol–water partition coefficient (Wildman–Crippen LogP) is 9.00. The molecule has 0 aliphatic heterocycles. The van der Waals surface area contributed by atoms with Gasteiger partial charge in [-0.3, -0.25) is 0 Å². The molecular formula is C24H22Cl2S2. The van der Waals surface area contributed by atoms with Gasteiger partial charge in [0.1, 0.15) is 0 Å². The van der Waals surface area contributed by atoms with Crippen LogP contribution in [0.25, 0.3) is 0 Å². The van der Waals surface area contributed by atoms with Gasteiger partial charge >= 0.3 is 0 Å². The fraction of sp³-hybridized carbons (Fsp3) is 0.333. The zero-order valence-corrected chi connectivity index (χ0v) is 18.7. The van der Waals surface area contributed by atoms with Crippen molar-refractivity contribution < 1.29 is 0 Å². The van der Waals surface area contributed by atoms with Crippen molar-refractivity contribution in [1.82, 2.24) is 0 Å². The van der Waals surface area contributed by atoms with E-state index in [4.69, 9.17) is 23.2 Å². The lowest BCUT2D eigenvalue weighted by molar-refractivity contribution is 0.102. The molecular weight excluding hydrogens is 423 g/mol. The van der Waals surface area contributed by atoms with Crippen LogP contribution in [0.3, 0.4) is 0 Å². The van der Waals surface area contributed by atoms with E-state index in [2.05, 4.69) is 36.4 Å². The van der Waals surface area contributed by atoms with Gasteiger partial charge in [0.15, 0.2) is 0 Å². The summed E-state index contributed by atoms with van der Waals surface area (Å²) in [7, 11) is 0. The average molecular weight is 445 g/mol. The molecule has 144 valence electrons. The van der Waals surface area contributed by atoms with Gasteiger partial charge < -0.3 is 0 Å². The molecule has 0 atom stereocenters. The van der Waals surface area contributed by atoms with Gasteiger partial charge in [-0.25, -0.2) is 0 Å². The van der Waals surface area contributed by atoms with E-state index in [1.54, 1.807) is 0 Å². The zero-order valence-electron chi connectivity index (χ0n) is 15.6. The third kappa shape index (κ3) is 3.47. The van der Waals surface area contributed by atoms with Crippen LogP contribution in [0.15, 0.2) is 80.3 Å². The quantitative estimate of drug-likeness (QED) is 0.460. The van der Waals surface area contributed by atoms with Crippen LogP contribution in [-0.4, -0.2) is 0 Å². The molecule has 5 rings (SSSR count). The van der Waals surface area contributed by atoms with Crippen molar-refractivity contribution in [2.24, 2.45) is 10.8 Å². The summed E-state index contributed by atoms with van der Waals surface area (Å²) in [5, 5.41) is 1.61. The summed E-state index contributed by atoms with van der Waals surface area (Å²) in [6, 6.07) is 16.5. The Morgan fingerprint density at radius 1 is 0.643 bits per heavy atom. The Bertz CT molecular complexity index is 874. The molecule has 0 unspecified atom stereocenters. The summed E-state index contributed by atoms with van der Waals surface area (Å²) >= 11 is 16.0. The molecule has 2 aromatic carbocycles. The molecule has 0 radical (unpaired) electrons. The molecule has 28 heavy (non-hydrogen) atoms. The summed E-state index contributed by atoms with van der Waals surface area (Å²) in [6.07, 6.45) is 13.0. The minimum absolute atomic E-state index is 0.259. The van der Waals surface area contributed by atoms with Crippen LogP contribution in [0.4, 0.5) is 0 Å². The summed E-state index contributed by atoms with van der Waals surface area (Å²) < 4.78 is 0. The van der Waals surface area contributed by atoms with Gasteiger partial charge in [-0.2, -0.15) is 0 Å². The van der Waals surface area contributed by atoms with Crippen LogP contribution in [0.1, 0.15) is 38.5 Å². The highest BCUT2D eigenvalue weighted by Gasteiger charge is 2.57. The van der Waals surface area contributed by atoms with Crippen LogP contribution in [-0.2, 0) is 0 Å². The molecule has 4 heteroatoms. The summed E-state index contributed by atoms with van der Waals surface area (Å²) in [4.78, 5) is 5.66. The SMILES string of the molecule is Clc1ccc(SC2=CC34C=C(Sc5ccc(Cl)cc5)CC3(CCCC4)C2)cc1. The second kappa shape index (κ2) is 7.47. The first kappa shape index (κ1) is 19.2. The van der Waals surface area contributed by atoms with Gasteiger partial charge in [0.05, 0.1) is 0 Å². The van der Waals surface area contributed by atoms with Crippen LogP contribution in [0, 0.1) is 10.8 Å². The van der Waals surface area contributed by atoms with E-state index >= 15 is 0 Å². The zero-order chi connectivity index (χ0) is 19.2. The molecule has 0 heterocycles. The van der Waals surface area contributed by atoms with Gasteiger partial charge in [-0.05, 0) is 89.4 Å². The van der Waals surface area contributed by atoms with Crippen molar-refractivity contribution in [2.45, 2.75) is 48.3 Å². The first-order valence-corrected chi connectivity index (χ1v) is 12.3. The van der Waals surface area contributed by atoms with E-state index in [1.165, 1.54) is 58.1 Å². The van der Waals surface area contributed by atoms with Crippen molar-refractivity contribution in [3.63, 3.8) is 0 Å². The van der Waals surface area contributed by atoms with Crippen molar-refractivity contribution >= 4 is 46.7 Å². The number of benzene rings is 2. The molecule has 3 aliphatic carbocycles. The first-order chi connectivity index (χ1) is 13.6. The van der Waals surface area contributed by atoms with E-state index in [-0.39, 0.29) is 5.41 Å². The van der Waals surface area contributed by atoms with Gasteiger partial charge in [0.25, 0.3) is 0 Å². The van der Waals surface area contributed by atoms with E-state index in [1.807, 2.05) is 47.8 Å². The van der Waals surface area contributed by atoms with Crippen LogP contribution < -0.4 is 0 Å². The molecule has 0 aromatic heterocycles. The number of allylic oxidation sites excluding steroid dienone is 4. The summed E-state index contributed by atoms with van der Waals surface area (Å²) in [5.74, 6) is 0. The van der Waals surface area contributed by atoms with Crippen molar-refractivity contribution in [2.75, 3.05) is 0 Å². The standard InChI is InChI=1S/C24H22Cl2S2/c25-17-3-7-19(8-4-17)27-21-13-23-11-1-2-12-24(23,15-21)16-22(14-23)28-20-9-5-18(26)6-10-20/h3-10,13-14H,1-2,11-12,15-16H2.